The summed E-state index contributed by atoms with van der Waals surface area (Å²) in [6.45, 7) is 4.97. The van der Waals surface area contributed by atoms with Crippen molar-refractivity contribution in [1.29, 1.82) is 0 Å². The third kappa shape index (κ3) is 63.9. The summed E-state index contributed by atoms with van der Waals surface area (Å²) in [4.78, 5) is 37.6. The second-order valence-corrected chi connectivity index (χ2v) is 25.9. The van der Waals surface area contributed by atoms with Crippen molar-refractivity contribution < 1.29 is 42.9 Å². The smallest absolute Gasteiger partial charge is 0.361 e. The molecule has 0 rings (SSSR count). The maximum Gasteiger partial charge on any atom is 0.361 e. The number of esters is 2. The number of nitrogens with zero attached hydrogens (tertiary/aromatic N) is 1. The van der Waals surface area contributed by atoms with Crippen LogP contribution in [0.4, 0.5) is 0 Å². The molecule has 0 aliphatic carbocycles. The molecule has 0 aromatic carbocycles. The largest absolute Gasteiger partial charge is 0.477 e. The molecule has 476 valence electrons. The first-order valence-corrected chi connectivity index (χ1v) is 35.7. The SMILES string of the molecule is CCCCCCCCCCCCCCCCCCCCCCCCCCCCCCCCCCCCCCC(=O)OC(COC(=O)CCCCCCCCCCCCCCCCCCCCC)COC(OCC[N+](C)(C)C)C(=O)O. The van der Waals surface area contributed by atoms with Crippen molar-refractivity contribution in [2.24, 2.45) is 0 Å². The van der Waals surface area contributed by atoms with E-state index in [4.69, 9.17) is 18.9 Å². The summed E-state index contributed by atoms with van der Waals surface area (Å²) in [5.74, 6) is -1.97. The molecule has 0 radical (unpaired) electrons. The van der Waals surface area contributed by atoms with Crippen LogP contribution in [0.5, 0.6) is 0 Å². The Bertz CT molecular complexity index is 1270. The minimum absolute atomic E-state index is 0.172. The van der Waals surface area contributed by atoms with Crippen LogP contribution in [-0.2, 0) is 33.3 Å². The Balaban J connectivity index is 3.96. The number of carboxylic acid groups (broad SMARTS) is 1. The van der Waals surface area contributed by atoms with E-state index in [1.807, 2.05) is 21.1 Å². The van der Waals surface area contributed by atoms with Gasteiger partial charge in [-0.25, -0.2) is 4.79 Å². The van der Waals surface area contributed by atoms with Gasteiger partial charge in [0.2, 0.25) is 0 Å². The van der Waals surface area contributed by atoms with Gasteiger partial charge in [-0.2, -0.15) is 0 Å². The summed E-state index contributed by atoms with van der Waals surface area (Å²) in [5, 5.41) is 9.73. The van der Waals surface area contributed by atoms with E-state index in [9.17, 15) is 19.5 Å². The van der Waals surface area contributed by atoms with Crippen molar-refractivity contribution in [3.8, 4) is 0 Å². The van der Waals surface area contributed by atoms with Gasteiger partial charge in [0.25, 0.3) is 6.29 Å². The lowest BCUT2D eigenvalue weighted by Crippen LogP contribution is -2.40. The first-order valence-electron chi connectivity index (χ1n) is 35.7. The highest BCUT2D eigenvalue weighted by atomic mass is 16.7. The summed E-state index contributed by atoms with van der Waals surface area (Å²) in [6, 6.07) is 0. The molecule has 0 aromatic rings. The topological polar surface area (TPSA) is 108 Å². The van der Waals surface area contributed by atoms with E-state index in [1.54, 1.807) is 0 Å². The molecular formula is C71H140NO8+. The van der Waals surface area contributed by atoms with E-state index in [0.29, 0.717) is 17.4 Å². The molecule has 0 saturated heterocycles. The number of hydrogen-bond donors (Lipinski definition) is 1. The van der Waals surface area contributed by atoms with Crippen LogP contribution >= 0.6 is 0 Å². The quantitative estimate of drug-likeness (QED) is 0.0278. The van der Waals surface area contributed by atoms with E-state index in [1.165, 1.54) is 315 Å². The zero-order valence-corrected chi connectivity index (χ0v) is 54.5. The highest BCUT2D eigenvalue weighted by Gasteiger charge is 2.25. The van der Waals surface area contributed by atoms with Crippen molar-refractivity contribution in [3.63, 3.8) is 0 Å². The van der Waals surface area contributed by atoms with Crippen LogP contribution in [-0.4, -0.2) is 87.4 Å². The Morgan fingerprint density at radius 3 is 0.800 bits per heavy atom. The molecule has 2 atom stereocenters. The zero-order valence-electron chi connectivity index (χ0n) is 54.5. The highest BCUT2D eigenvalue weighted by Crippen LogP contribution is 2.20. The molecule has 80 heavy (non-hydrogen) atoms. The van der Waals surface area contributed by atoms with E-state index in [-0.39, 0.29) is 38.2 Å². The fourth-order valence-electron chi connectivity index (χ4n) is 11.1. The lowest BCUT2D eigenvalue weighted by atomic mass is 10.0. The first-order chi connectivity index (χ1) is 39.1. The third-order valence-corrected chi connectivity index (χ3v) is 16.6. The molecular weight excluding hydrogens is 995 g/mol. The molecule has 2 unspecified atom stereocenters. The predicted octanol–water partition coefficient (Wildman–Crippen LogP) is 21.9. The lowest BCUT2D eigenvalue weighted by Gasteiger charge is -2.25. The first kappa shape index (κ1) is 78.3. The Morgan fingerprint density at radius 1 is 0.325 bits per heavy atom. The summed E-state index contributed by atoms with van der Waals surface area (Å²) in [7, 11) is 5.99. The summed E-state index contributed by atoms with van der Waals surface area (Å²) in [5.41, 5.74) is 0. The number of rotatable bonds is 68. The Labute approximate surface area is 498 Å². The average Bonchev–Trinajstić information content (AvgIpc) is 3.43. The summed E-state index contributed by atoms with van der Waals surface area (Å²) >= 11 is 0. The molecule has 0 aliphatic rings. The van der Waals surface area contributed by atoms with Crippen LogP contribution in [0, 0.1) is 0 Å². The second kappa shape index (κ2) is 63.3. The number of likely N-dealkylation sites (N-methyl/N-ethyl adjacent to an activating group) is 1. The van der Waals surface area contributed by atoms with Crippen molar-refractivity contribution in [2.75, 3.05) is 47.5 Å². The van der Waals surface area contributed by atoms with E-state index in [0.717, 1.165) is 38.5 Å². The standard InChI is InChI=1S/C71H139NO8/c1-6-8-10-12-14-16-18-20-22-24-26-27-28-29-30-31-32-33-34-35-36-37-38-39-40-41-42-44-46-48-50-52-54-56-58-60-62-69(74)80-67(66-79-71(70(75)76)77-64-63-72(3,4)5)65-78-68(73)61-59-57-55-53-51-49-47-45-43-25-23-21-19-17-15-13-11-9-7-2/h67,71H,6-66H2,1-5H3/p+1. The summed E-state index contributed by atoms with van der Waals surface area (Å²) in [6.07, 6.45) is 72.4. The van der Waals surface area contributed by atoms with Crippen LogP contribution in [0.1, 0.15) is 380 Å². The van der Waals surface area contributed by atoms with Gasteiger partial charge in [0, 0.05) is 12.8 Å². The van der Waals surface area contributed by atoms with Gasteiger partial charge in [-0.1, -0.05) is 354 Å². The van der Waals surface area contributed by atoms with Gasteiger partial charge in [-0.15, -0.1) is 0 Å². The van der Waals surface area contributed by atoms with Crippen molar-refractivity contribution >= 4 is 17.9 Å². The van der Waals surface area contributed by atoms with Gasteiger partial charge in [0.15, 0.2) is 6.10 Å². The molecule has 9 heteroatoms. The molecule has 9 nitrogen and oxygen atoms in total. The minimum Gasteiger partial charge on any atom is -0.477 e. The zero-order chi connectivity index (χ0) is 58.3. The van der Waals surface area contributed by atoms with E-state index in [2.05, 4.69) is 13.8 Å². The predicted molar refractivity (Wildman–Crippen MR) is 342 cm³/mol. The van der Waals surface area contributed by atoms with Gasteiger partial charge < -0.3 is 28.5 Å². The van der Waals surface area contributed by atoms with Crippen LogP contribution < -0.4 is 0 Å². The molecule has 0 bridgehead atoms. The van der Waals surface area contributed by atoms with Crippen molar-refractivity contribution in [1.82, 2.24) is 0 Å². The van der Waals surface area contributed by atoms with Gasteiger partial charge in [-0.3, -0.25) is 9.59 Å². The number of ether oxygens (including phenoxy) is 4. The molecule has 0 fully saturated rings. The van der Waals surface area contributed by atoms with Crippen molar-refractivity contribution in [3.05, 3.63) is 0 Å². The van der Waals surface area contributed by atoms with Gasteiger partial charge in [0.05, 0.1) is 34.4 Å². The molecule has 1 N–H and O–H groups in total. The molecule has 0 aromatic heterocycles. The number of unbranched alkanes of at least 4 members (excludes halogenated alkanes) is 53. The number of carbonyl (C=O) groups is 3. The van der Waals surface area contributed by atoms with Crippen LogP contribution in [0.3, 0.4) is 0 Å². The maximum atomic E-state index is 12.9. The normalized spacial score (nSPS) is 12.6. The number of hydrogen-bond acceptors (Lipinski definition) is 7. The Morgan fingerprint density at radius 2 is 0.562 bits per heavy atom. The van der Waals surface area contributed by atoms with E-state index >= 15 is 0 Å². The number of carbonyl (C=O) groups excluding carboxylic acids is 2. The third-order valence-electron chi connectivity index (χ3n) is 16.6. The van der Waals surface area contributed by atoms with Crippen molar-refractivity contribution in [2.45, 2.75) is 392 Å². The minimum atomic E-state index is -1.50. The van der Waals surface area contributed by atoms with E-state index < -0.39 is 18.4 Å². The molecule has 0 aliphatic heterocycles. The van der Waals surface area contributed by atoms with Gasteiger partial charge >= 0.3 is 17.9 Å². The fourth-order valence-corrected chi connectivity index (χ4v) is 11.1. The lowest BCUT2D eigenvalue weighted by molar-refractivity contribution is -0.870. The maximum absolute atomic E-state index is 12.9. The number of aliphatic carboxylic acids is 1. The molecule has 0 amide bonds. The van der Waals surface area contributed by atoms with Crippen LogP contribution in [0.15, 0.2) is 0 Å². The fraction of sp³-hybridized carbons (Fsp3) is 0.958. The average molecular weight is 1140 g/mol. The Kier molecular flexibility index (Phi) is 62.0. The second-order valence-electron chi connectivity index (χ2n) is 25.9. The Hall–Kier alpha value is -1.71. The number of carboxylic acids is 1. The molecule has 0 saturated carbocycles. The molecule has 0 spiro atoms. The van der Waals surface area contributed by atoms with Crippen LogP contribution in [0.2, 0.25) is 0 Å². The monoisotopic (exact) mass is 1140 g/mol. The molecule has 0 heterocycles. The highest BCUT2D eigenvalue weighted by molar-refractivity contribution is 5.71. The number of quaternary nitrogens is 1. The van der Waals surface area contributed by atoms with Gasteiger partial charge in [0.1, 0.15) is 13.2 Å². The van der Waals surface area contributed by atoms with Gasteiger partial charge in [-0.05, 0) is 12.8 Å². The summed E-state index contributed by atoms with van der Waals surface area (Å²) < 4.78 is 23.0. The van der Waals surface area contributed by atoms with Crippen LogP contribution in [0.25, 0.3) is 0 Å².